The number of amides is 1. The standard InChI is InChI=1S/C20H29F3N2O2/c1-24-12-8-17(9-13-24)15-25(19(26)7-11-20(21,22)23)14-10-16-3-5-18(27-2)6-4-16/h3-6,17H,7-15H2,1-2H3. The molecular formula is C20H29F3N2O2. The fourth-order valence-electron chi connectivity index (χ4n) is 3.34. The van der Waals surface area contributed by atoms with Crippen LogP contribution in [0.15, 0.2) is 24.3 Å². The average Bonchev–Trinajstić information content (AvgIpc) is 2.64. The number of hydrogen-bond acceptors (Lipinski definition) is 3. The third-order valence-electron chi connectivity index (χ3n) is 5.12. The summed E-state index contributed by atoms with van der Waals surface area (Å²) >= 11 is 0. The largest absolute Gasteiger partial charge is 0.497 e. The van der Waals surface area contributed by atoms with Crippen LogP contribution in [0.2, 0.25) is 0 Å². The lowest BCUT2D eigenvalue weighted by Gasteiger charge is -2.33. The van der Waals surface area contributed by atoms with Crippen LogP contribution in [0.3, 0.4) is 0 Å². The Morgan fingerprint density at radius 1 is 1.22 bits per heavy atom. The van der Waals surface area contributed by atoms with Crippen molar-refractivity contribution >= 4 is 5.91 Å². The molecule has 0 N–H and O–H groups in total. The number of piperidine rings is 1. The second-order valence-corrected chi connectivity index (χ2v) is 7.30. The summed E-state index contributed by atoms with van der Waals surface area (Å²) < 4.78 is 42.7. The zero-order chi connectivity index (χ0) is 19.9. The molecule has 2 rings (SSSR count). The predicted molar refractivity (Wildman–Crippen MR) is 98.8 cm³/mol. The molecule has 7 heteroatoms. The number of alkyl halides is 3. The molecule has 1 aliphatic heterocycles. The molecule has 1 amide bonds. The summed E-state index contributed by atoms with van der Waals surface area (Å²) in [6.45, 7) is 2.91. The molecule has 4 nitrogen and oxygen atoms in total. The van der Waals surface area contributed by atoms with Gasteiger partial charge in [-0.1, -0.05) is 12.1 Å². The topological polar surface area (TPSA) is 32.8 Å². The van der Waals surface area contributed by atoms with Crippen molar-refractivity contribution in [2.45, 2.75) is 38.3 Å². The average molecular weight is 386 g/mol. The summed E-state index contributed by atoms with van der Waals surface area (Å²) in [6, 6.07) is 7.55. The van der Waals surface area contributed by atoms with E-state index < -0.39 is 24.9 Å². The number of hydrogen-bond donors (Lipinski definition) is 0. The molecule has 152 valence electrons. The van der Waals surface area contributed by atoms with Gasteiger partial charge in [0.2, 0.25) is 5.91 Å². The number of nitrogens with zero attached hydrogens (tertiary/aromatic N) is 2. The third-order valence-corrected chi connectivity index (χ3v) is 5.12. The first-order valence-corrected chi connectivity index (χ1v) is 9.43. The molecule has 27 heavy (non-hydrogen) atoms. The number of ether oxygens (including phenoxy) is 1. The minimum absolute atomic E-state index is 0.354. The highest BCUT2D eigenvalue weighted by Gasteiger charge is 2.30. The summed E-state index contributed by atoms with van der Waals surface area (Å²) in [6.07, 6.45) is -3.26. The first kappa shape index (κ1) is 21.5. The van der Waals surface area contributed by atoms with Crippen molar-refractivity contribution in [1.82, 2.24) is 9.80 Å². The number of carbonyl (C=O) groups excluding carboxylic acids is 1. The van der Waals surface area contributed by atoms with E-state index >= 15 is 0 Å². The fraction of sp³-hybridized carbons (Fsp3) is 0.650. The van der Waals surface area contributed by atoms with Crippen molar-refractivity contribution in [3.63, 3.8) is 0 Å². The first-order chi connectivity index (χ1) is 12.8. The molecule has 1 saturated heterocycles. The zero-order valence-corrected chi connectivity index (χ0v) is 16.1. The number of methoxy groups -OCH3 is 1. The number of rotatable bonds is 8. The Morgan fingerprint density at radius 3 is 2.41 bits per heavy atom. The highest BCUT2D eigenvalue weighted by Crippen LogP contribution is 2.23. The summed E-state index contributed by atoms with van der Waals surface area (Å²) in [5.41, 5.74) is 1.03. The van der Waals surface area contributed by atoms with Gasteiger partial charge >= 0.3 is 6.18 Å². The number of benzene rings is 1. The van der Waals surface area contributed by atoms with Crippen LogP contribution in [-0.4, -0.2) is 62.2 Å². The molecule has 1 aromatic rings. The molecule has 0 aliphatic carbocycles. The Morgan fingerprint density at radius 2 is 1.85 bits per heavy atom. The molecule has 0 spiro atoms. The lowest BCUT2D eigenvalue weighted by Crippen LogP contribution is -2.41. The van der Waals surface area contributed by atoms with Crippen LogP contribution in [0.5, 0.6) is 5.75 Å². The van der Waals surface area contributed by atoms with Gasteiger partial charge in [0, 0.05) is 19.5 Å². The van der Waals surface area contributed by atoms with Crippen molar-refractivity contribution in [3.8, 4) is 5.75 Å². The Balaban J connectivity index is 1.95. The van der Waals surface area contributed by atoms with Gasteiger partial charge in [-0.25, -0.2) is 0 Å². The van der Waals surface area contributed by atoms with Gasteiger partial charge in [-0.15, -0.1) is 0 Å². The molecule has 0 aromatic heterocycles. The molecule has 0 saturated carbocycles. The summed E-state index contributed by atoms with van der Waals surface area (Å²) in [7, 11) is 3.66. The number of carbonyl (C=O) groups is 1. The lowest BCUT2D eigenvalue weighted by molar-refractivity contribution is -0.149. The van der Waals surface area contributed by atoms with Crippen LogP contribution in [-0.2, 0) is 11.2 Å². The molecule has 1 aliphatic rings. The van der Waals surface area contributed by atoms with E-state index in [-0.39, 0.29) is 0 Å². The normalized spacial score (nSPS) is 16.3. The van der Waals surface area contributed by atoms with Gasteiger partial charge in [0.1, 0.15) is 5.75 Å². The molecule has 1 heterocycles. The van der Waals surface area contributed by atoms with E-state index in [0.717, 1.165) is 37.2 Å². The lowest BCUT2D eigenvalue weighted by atomic mass is 9.96. The first-order valence-electron chi connectivity index (χ1n) is 9.43. The second kappa shape index (κ2) is 9.97. The van der Waals surface area contributed by atoms with Crippen LogP contribution < -0.4 is 4.74 Å². The SMILES string of the molecule is COc1ccc(CCN(CC2CCN(C)CC2)C(=O)CCC(F)(F)F)cc1. The van der Waals surface area contributed by atoms with E-state index in [0.29, 0.717) is 25.4 Å². The van der Waals surface area contributed by atoms with E-state index in [1.165, 1.54) is 0 Å². The van der Waals surface area contributed by atoms with Crippen LogP contribution in [0, 0.1) is 5.92 Å². The molecular weight excluding hydrogens is 357 g/mol. The van der Waals surface area contributed by atoms with E-state index in [1.807, 2.05) is 24.3 Å². The van der Waals surface area contributed by atoms with Crippen LogP contribution in [0.1, 0.15) is 31.2 Å². The van der Waals surface area contributed by atoms with Crippen molar-refractivity contribution in [2.75, 3.05) is 40.3 Å². The number of halogens is 3. The molecule has 1 aromatic carbocycles. The van der Waals surface area contributed by atoms with Crippen molar-refractivity contribution < 1.29 is 22.7 Å². The number of likely N-dealkylation sites (tertiary alicyclic amines) is 1. The van der Waals surface area contributed by atoms with Crippen LogP contribution >= 0.6 is 0 Å². The van der Waals surface area contributed by atoms with Crippen molar-refractivity contribution in [2.24, 2.45) is 5.92 Å². The Bertz CT molecular complexity index is 582. The maximum absolute atomic E-state index is 12.5. The Kier molecular flexibility index (Phi) is 7.95. The quantitative estimate of drug-likeness (QED) is 0.682. The second-order valence-electron chi connectivity index (χ2n) is 7.30. The highest BCUT2D eigenvalue weighted by atomic mass is 19.4. The molecule has 0 bridgehead atoms. The maximum Gasteiger partial charge on any atom is 0.389 e. The minimum Gasteiger partial charge on any atom is -0.497 e. The van der Waals surface area contributed by atoms with Gasteiger partial charge in [0.25, 0.3) is 0 Å². The van der Waals surface area contributed by atoms with Gasteiger partial charge in [-0.3, -0.25) is 4.79 Å². The van der Waals surface area contributed by atoms with E-state index in [9.17, 15) is 18.0 Å². The van der Waals surface area contributed by atoms with E-state index in [1.54, 1.807) is 12.0 Å². The van der Waals surface area contributed by atoms with Gasteiger partial charge in [0.15, 0.2) is 0 Å². The van der Waals surface area contributed by atoms with Crippen molar-refractivity contribution in [1.29, 1.82) is 0 Å². The fourth-order valence-corrected chi connectivity index (χ4v) is 3.34. The molecule has 0 unspecified atom stereocenters. The van der Waals surface area contributed by atoms with Crippen LogP contribution in [0.25, 0.3) is 0 Å². The highest BCUT2D eigenvalue weighted by molar-refractivity contribution is 5.76. The summed E-state index contributed by atoms with van der Waals surface area (Å²) in [4.78, 5) is 16.3. The van der Waals surface area contributed by atoms with Gasteiger partial charge in [-0.05, 0) is 63.0 Å². The molecule has 1 fully saturated rings. The van der Waals surface area contributed by atoms with Gasteiger partial charge in [-0.2, -0.15) is 13.2 Å². The molecule has 0 radical (unpaired) electrons. The minimum atomic E-state index is -4.30. The van der Waals surface area contributed by atoms with Gasteiger partial charge in [0.05, 0.1) is 13.5 Å². The predicted octanol–water partition coefficient (Wildman–Crippen LogP) is 3.75. The van der Waals surface area contributed by atoms with Crippen LogP contribution in [0.4, 0.5) is 13.2 Å². The van der Waals surface area contributed by atoms with E-state index in [4.69, 9.17) is 4.74 Å². The Hall–Kier alpha value is -1.76. The van der Waals surface area contributed by atoms with Crippen molar-refractivity contribution in [3.05, 3.63) is 29.8 Å². The summed E-state index contributed by atoms with van der Waals surface area (Å²) in [5.74, 6) is 0.704. The van der Waals surface area contributed by atoms with Gasteiger partial charge < -0.3 is 14.5 Å². The maximum atomic E-state index is 12.5. The smallest absolute Gasteiger partial charge is 0.389 e. The Labute approximate surface area is 159 Å². The van der Waals surface area contributed by atoms with E-state index in [2.05, 4.69) is 11.9 Å². The zero-order valence-electron chi connectivity index (χ0n) is 16.1. The summed E-state index contributed by atoms with van der Waals surface area (Å²) in [5, 5.41) is 0. The molecule has 0 atom stereocenters. The third kappa shape index (κ3) is 7.79. The monoisotopic (exact) mass is 386 g/mol.